The highest BCUT2D eigenvalue weighted by molar-refractivity contribution is 5.92. The number of carbonyl (C=O) groups excluding carboxylic acids is 4. The number of rotatable bonds is 7. The van der Waals surface area contributed by atoms with E-state index in [2.05, 4.69) is 34.6 Å². The SMILES string of the molecule is CCC1(OC(=O)CCC(=O)OC2CCC3C4C(C)CC5=CC(=O)CCC5(C)C4CCC23C)CCC2C3CCC4=CC(=O)CCC4C3CCC21CC. The third-order valence-corrected chi connectivity index (χ3v) is 17.8. The number of esters is 2. The lowest BCUT2D eigenvalue weighted by Gasteiger charge is -2.59. The molecular formula is C45H64O6. The molecule has 280 valence electrons. The fourth-order valence-electron chi connectivity index (χ4n) is 15.3. The maximum Gasteiger partial charge on any atom is 0.306 e. The van der Waals surface area contributed by atoms with E-state index in [1.807, 2.05) is 12.2 Å². The van der Waals surface area contributed by atoms with Crippen LogP contribution in [0.1, 0.15) is 157 Å². The Hall–Kier alpha value is -2.24. The topological polar surface area (TPSA) is 86.7 Å². The third-order valence-electron chi connectivity index (χ3n) is 17.8. The van der Waals surface area contributed by atoms with E-state index in [0.717, 1.165) is 96.3 Å². The van der Waals surface area contributed by atoms with Gasteiger partial charge in [0.2, 0.25) is 0 Å². The molecule has 8 aliphatic carbocycles. The molecule has 0 aliphatic heterocycles. The molecule has 0 aromatic heterocycles. The van der Waals surface area contributed by atoms with Gasteiger partial charge in [-0.2, -0.15) is 0 Å². The minimum absolute atomic E-state index is 0.00584. The van der Waals surface area contributed by atoms with Gasteiger partial charge in [-0.1, -0.05) is 45.8 Å². The molecule has 0 bridgehead atoms. The lowest BCUT2D eigenvalue weighted by atomic mass is 9.45. The Labute approximate surface area is 306 Å². The second-order valence-corrected chi connectivity index (χ2v) is 19.3. The molecule has 6 saturated carbocycles. The van der Waals surface area contributed by atoms with Crippen LogP contribution in [0.3, 0.4) is 0 Å². The number of allylic oxidation sites excluding steroid dienone is 2. The van der Waals surface area contributed by atoms with Gasteiger partial charge in [-0.15, -0.1) is 0 Å². The van der Waals surface area contributed by atoms with Crippen LogP contribution in [0.4, 0.5) is 0 Å². The van der Waals surface area contributed by atoms with Crippen molar-refractivity contribution in [1.29, 1.82) is 0 Å². The monoisotopic (exact) mass is 700 g/mol. The first kappa shape index (κ1) is 35.8. The zero-order valence-corrected chi connectivity index (χ0v) is 32.2. The number of hydrogen-bond donors (Lipinski definition) is 0. The summed E-state index contributed by atoms with van der Waals surface area (Å²) >= 11 is 0. The Morgan fingerprint density at radius 1 is 0.745 bits per heavy atom. The van der Waals surface area contributed by atoms with Crippen LogP contribution < -0.4 is 0 Å². The average Bonchev–Trinajstić information content (AvgIpc) is 3.62. The molecule has 0 N–H and O–H groups in total. The number of fused-ring (bicyclic) bond motifs is 10. The molecule has 8 aliphatic rings. The lowest BCUT2D eigenvalue weighted by molar-refractivity contribution is -0.189. The Bertz CT molecular complexity index is 1520. The molecule has 0 amide bonds. The summed E-state index contributed by atoms with van der Waals surface area (Å²) in [6, 6.07) is 0. The van der Waals surface area contributed by atoms with E-state index in [-0.39, 0.29) is 47.1 Å². The fraction of sp³-hybridized carbons (Fsp3) is 0.822. The van der Waals surface area contributed by atoms with Crippen LogP contribution >= 0.6 is 0 Å². The van der Waals surface area contributed by atoms with E-state index < -0.39 is 5.60 Å². The summed E-state index contributed by atoms with van der Waals surface area (Å²) in [5.74, 6) is 4.80. The number of carbonyl (C=O) groups is 4. The van der Waals surface area contributed by atoms with Crippen LogP contribution in [0.25, 0.3) is 0 Å². The van der Waals surface area contributed by atoms with Gasteiger partial charge in [-0.05, 0) is 161 Å². The van der Waals surface area contributed by atoms with Crippen molar-refractivity contribution < 1.29 is 28.7 Å². The van der Waals surface area contributed by atoms with Crippen LogP contribution in [0.2, 0.25) is 0 Å². The molecule has 0 aromatic carbocycles. The maximum atomic E-state index is 13.7. The highest BCUT2D eigenvalue weighted by Gasteiger charge is 2.66. The number of hydrogen-bond acceptors (Lipinski definition) is 6. The first-order valence-corrected chi connectivity index (χ1v) is 21.3. The van der Waals surface area contributed by atoms with Crippen molar-refractivity contribution in [2.24, 2.45) is 63.6 Å². The van der Waals surface area contributed by atoms with Crippen LogP contribution in [0.15, 0.2) is 23.3 Å². The molecule has 13 atom stereocenters. The van der Waals surface area contributed by atoms with Crippen LogP contribution in [-0.4, -0.2) is 35.2 Å². The summed E-state index contributed by atoms with van der Waals surface area (Å²) in [4.78, 5) is 51.7. The summed E-state index contributed by atoms with van der Waals surface area (Å²) in [5.41, 5.74) is 2.43. The van der Waals surface area contributed by atoms with Gasteiger partial charge in [0, 0.05) is 23.7 Å². The van der Waals surface area contributed by atoms with Gasteiger partial charge in [-0.25, -0.2) is 0 Å². The third kappa shape index (κ3) is 5.43. The molecule has 0 spiro atoms. The predicted octanol–water partition coefficient (Wildman–Crippen LogP) is 9.68. The molecule has 13 unspecified atom stereocenters. The normalized spacial score (nSPS) is 47.0. The second kappa shape index (κ2) is 13.0. The van der Waals surface area contributed by atoms with E-state index in [1.54, 1.807) is 0 Å². The molecule has 6 heteroatoms. The zero-order chi connectivity index (χ0) is 35.9. The van der Waals surface area contributed by atoms with Gasteiger partial charge in [0.15, 0.2) is 11.6 Å². The van der Waals surface area contributed by atoms with Gasteiger partial charge in [0.25, 0.3) is 0 Å². The average molecular weight is 701 g/mol. The quantitative estimate of drug-likeness (QED) is 0.246. The van der Waals surface area contributed by atoms with Gasteiger partial charge >= 0.3 is 11.9 Å². The Balaban J connectivity index is 0.894. The maximum absolute atomic E-state index is 13.7. The molecule has 6 fully saturated rings. The summed E-state index contributed by atoms with van der Waals surface area (Å²) in [6.07, 6.45) is 20.9. The van der Waals surface area contributed by atoms with Crippen molar-refractivity contribution in [2.45, 2.75) is 168 Å². The molecule has 0 radical (unpaired) electrons. The van der Waals surface area contributed by atoms with Gasteiger partial charge in [0.1, 0.15) is 11.7 Å². The van der Waals surface area contributed by atoms with Gasteiger partial charge in [0.05, 0.1) is 12.8 Å². The molecule has 0 aromatic rings. The van der Waals surface area contributed by atoms with E-state index in [1.165, 1.54) is 11.1 Å². The van der Waals surface area contributed by atoms with Crippen molar-refractivity contribution in [3.8, 4) is 0 Å². The van der Waals surface area contributed by atoms with Crippen LogP contribution in [-0.2, 0) is 28.7 Å². The van der Waals surface area contributed by atoms with E-state index in [4.69, 9.17) is 9.47 Å². The minimum Gasteiger partial charge on any atom is -0.462 e. The highest BCUT2D eigenvalue weighted by Crippen LogP contribution is 2.69. The second-order valence-electron chi connectivity index (χ2n) is 19.3. The minimum atomic E-state index is -0.462. The van der Waals surface area contributed by atoms with E-state index in [9.17, 15) is 19.2 Å². The molecule has 51 heavy (non-hydrogen) atoms. The molecule has 6 nitrogen and oxygen atoms in total. The summed E-state index contributed by atoms with van der Waals surface area (Å²) in [6.45, 7) is 11.7. The summed E-state index contributed by atoms with van der Waals surface area (Å²) in [5, 5.41) is 0. The standard InChI is InChI=1S/C45H64O6/c1-6-44-22-17-33-32-11-9-30(46)25-28(32)8-10-34(33)35(44)19-23-45(44,7-2)51-40(49)15-14-39(48)50-38-13-12-36-41-27(3)24-29-26-31(47)16-20-42(29,4)37(41)18-21-43(36,38)5/h25-27,32-38,41H,6-24H2,1-5H3. The largest absolute Gasteiger partial charge is 0.462 e. The molecule has 0 saturated heterocycles. The van der Waals surface area contributed by atoms with Crippen molar-refractivity contribution in [2.75, 3.05) is 0 Å². The van der Waals surface area contributed by atoms with Crippen molar-refractivity contribution in [3.63, 3.8) is 0 Å². The number of ether oxygens (including phenoxy) is 2. The van der Waals surface area contributed by atoms with E-state index in [0.29, 0.717) is 71.8 Å². The van der Waals surface area contributed by atoms with Crippen molar-refractivity contribution >= 4 is 23.5 Å². The van der Waals surface area contributed by atoms with Crippen molar-refractivity contribution in [3.05, 3.63) is 23.3 Å². The Morgan fingerprint density at radius 2 is 1.51 bits per heavy atom. The highest BCUT2D eigenvalue weighted by atomic mass is 16.6. The summed E-state index contributed by atoms with van der Waals surface area (Å²) in [7, 11) is 0. The first-order valence-electron chi connectivity index (χ1n) is 21.3. The Kier molecular flexibility index (Phi) is 9.09. The fourth-order valence-corrected chi connectivity index (χ4v) is 15.3. The first-order chi connectivity index (χ1) is 24.4. The smallest absolute Gasteiger partial charge is 0.306 e. The summed E-state index contributed by atoms with van der Waals surface area (Å²) < 4.78 is 13.0. The van der Waals surface area contributed by atoms with Gasteiger partial charge in [-0.3, -0.25) is 19.2 Å². The van der Waals surface area contributed by atoms with E-state index >= 15 is 0 Å². The van der Waals surface area contributed by atoms with Gasteiger partial charge < -0.3 is 9.47 Å². The molecule has 0 heterocycles. The molecule has 8 rings (SSSR count). The lowest BCUT2D eigenvalue weighted by Crippen LogP contribution is -2.55. The Morgan fingerprint density at radius 3 is 2.29 bits per heavy atom. The number of ketones is 2. The zero-order valence-electron chi connectivity index (χ0n) is 32.2. The predicted molar refractivity (Wildman–Crippen MR) is 196 cm³/mol. The van der Waals surface area contributed by atoms with Crippen molar-refractivity contribution in [1.82, 2.24) is 0 Å². The molecular weight excluding hydrogens is 636 g/mol. The van der Waals surface area contributed by atoms with Crippen LogP contribution in [0.5, 0.6) is 0 Å². The van der Waals surface area contributed by atoms with Crippen LogP contribution in [0, 0.1) is 63.6 Å².